The minimum Gasteiger partial charge on any atom is -0.494 e. The Labute approximate surface area is 105 Å². The molecule has 0 amide bonds. The van der Waals surface area contributed by atoms with E-state index in [1.54, 1.807) is 24.3 Å². The van der Waals surface area contributed by atoms with Crippen molar-refractivity contribution in [1.29, 1.82) is 0 Å². The van der Waals surface area contributed by atoms with Gasteiger partial charge in [0.1, 0.15) is 17.4 Å². The second kappa shape index (κ2) is 5.63. The van der Waals surface area contributed by atoms with Crippen LogP contribution in [0.1, 0.15) is 13.3 Å². The Kier molecular flexibility index (Phi) is 3.92. The summed E-state index contributed by atoms with van der Waals surface area (Å²) in [6.45, 7) is 2.65. The molecule has 0 N–H and O–H groups in total. The zero-order chi connectivity index (χ0) is 13.0. The molecule has 2 aromatic carbocycles. The molecule has 18 heavy (non-hydrogen) atoms. The van der Waals surface area contributed by atoms with E-state index < -0.39 is 11.6 Å². The predicted octanol–water partition coefficient (Wildman–Crippen LogP) is 4.42. The van der Waals surface area contributed by atoms with Gasteiger partial charge in [0.2, 0.25) is 0 Å². The zero-order valence-corrected chi connectivity index (χ0v) is 10.1. The molecule has 94 valence electrons. The van der Waals surface area contributed by atoms with Gasteiger partial charge in [-0.25, -0.2) is 8.78 Å². The van der Waals surface area contributed by atoms with Crippen LogP contribution < -0.4 is 4.74 Å². The van der Waals surface area contributed by atoms with Crippen molar-refractivity contribution >= 4 is 0 Å². The van der Waals surface area contributed by atoms with Gasteiger partial charge in [-0.15, -0.1) is 0 Å². The Bertz CT molecular complexity index is 500. The molecule has 2 rings (SSSR count). The minimum atomic E-state index is -0.558. The summed E-state index contributed by atoms with van der Waals surface area (Å²) in [7, 11) is 0. The molecule has 0 spiro atoms. The topological polar surface area (TPSA) is 9.23 Å². The first kappa shape index (κ1) is 12.6. The van der Waals surface area contributed by atoms with Crippen LogP contribution >= 0.6 is 0 Å². The highest BCUT2D eigenvalue weighted by Gasteiger charge is 2.10. The first-order valence-electron chi connectivity index (χ1n) is 5.89. The number of benzene rings is 2. The van der Waals surface area contributed by atoms with Gasteiger partial charge in [0.05, 0.1) is 12.2 Å². The molecule has 0 aliphatic rings. The summed E-state index contributed by atoms with van der Waals surface area (Å²) in [4.78, 5) is 0. The highest BCUT2D eigenvalue weighted by Crippen LogP contribution is 2.27. The molecule has 0 bridgehead atoms. The molecule has 0 aromatic heterocycles. The van der Waals surface area contributed by atoms with Crippen molar-refractivity contribution in [2.75, 3.05) is 6.61 Å². The lowest BCUT2D eigenvalue weighted by molar-refractivity contribution is 0.317. The summed E-state index contributed by atoms with van der Waals surface area (Å²) in [5, 5.41) is 0. The molecule has 0 atom stereocenters. The van der Waals surface area contributed by atoms with Gasteiger partial charge in [0, 0.05) is 0 Å². The summed E-state index contributed by atoms with van der Waals surface area (Å²) < 4.78 is 32.6. The van der Waals surface area contributed by atoms with Crippen molar-refractivity contribution in [2.24, 2.45) is 0 Å². The summed E-state index contributed by atoms with van der Waals surface area (Å²) in [6, 6.07) is 10.6. The van der Waals surface area contributed by atoms with Crippen molar-refractivity contribution in [3.05, 3.63) is 54.1 Å². The average Bonchev–Trinajstić information content (AvgIpc) is 2.37. The number of halogens is 2. The number of hydrogen-bond donors (Lipinski definition) is 0. The maximum absolute atomic E-state index is 13.6. The first-order valence-corrected chi connectivity index (χ1v) is 5.89. The molecular formula is C15H14F2O. The van der Waals surface area contributed by atoms with Gasteiger partial charge < -0.3 is 4.74 Å². The van der Waals surface area contributed by atoms with Gasteiger partial charge in [0.15, 0.2) is 0 Å². The van der Waals surface area contributed by atoms with E-state index in [2.05, 4.69) is 0 Å². The van der Waals surface area contributed by atoms with Gasteiger partial charge >= 0.3 is 0 Å². The predicted molar refractivity (Wildman–Crippen MR) is 67.6 cm³/mol. The van der Waals surface area contributed by atoms with E-state index >= 15 is 0 Å². The Hall–Kier alpha value is -1.90. The van der Waals surface area contributed by atoms with E-state index in [0.717, 1.165) is 6.42 Å². The number of hydrogen-bond acceptors (Lipinski definition) is 1. The van der Waals surface area contributed by atoms with Crippen LogP contribution in [0.5, 0.6) is 5.75 Å². The lowest BCUT2D eigenvalue weighted by atomic mass is 10.0. The Balaban J connectivity index is 2.29. The van der Waals surface area contributed by atoms with Crippen molar-refractivity contribution in [3.63, 3.8) is 0 Å². The molecule has 0 fully saturated rings. The van der Waals surface area contributed by atoms with E-state index in [4.69, 9.17) is 4.74 Å². The standard InChI is InChI=1S/C15H14F2O/c1-2-10-18-12-8-6-11(7-9-12)15-13(16)4-3-5-14(15)17/h3-9H,2,10H2,1H3. The SMILES string of the molecule is CCCOc1ccc(-c2c(F)cccc2F)cc1. The van der Waals surface area contributed by atoms with E-state index in [1.165, 1.54) is 18.2 Å². The second-order valence-corrected chi connectivity index (χ2v) is 3.97. The average molecular weight is 248 g/mol. The molecule has 2 aromatic rings. The molecule has 0 aliphatic heterocycles. The largest absolute Gasteiger partial charge is 0.494 e. The third-order valence-electron chi connectivity index (χ3n) is 2.58. The third-order valence-corrected chi connectivity index (χ3v) is 2.58. The van der Waals surface area contributed by atoms with E-state index in [0.29, 0.717) is 17.9 Å². The van der Waals surface area contributed by atoms with Crippen molar-refractivity contribution < 1.29 is 13.5 Å². The summed E-state index contributed by atoms with van der Waals surface area (Å²) in [5.74, 6) is -0.410. The van der Waals surface area contributed by atoms with Gasteiger partial charge in [-0.1, -0.05) is 25.1 Å². The maximum Gasteiger partial charge on any atom is 0.133 e. The monoisotopic (exact) mass is 248 g/mol. The Morgan fingerprint density at radius 1 is 0.944 bits per heavy atom. The van der Waals surface area contributed by atoms with Crippen LogP contribution in [-0.2, 0) is 0 Å². The Morgan fingerprint density at radius 3 is 2.11 bits per heavy atom. The molecule has 0 radical (unpaired) electrons. The summed E-state index contributed by atoms with van der Waals surface area (Å²) in [6.07, 6.45) is 0.920. The molecule has 0 aliphatic carbocycles. The van der Waals surface area contributed by atoms with Crippen LogP contribution in [0.15, 0.2) is 42.5 Å². The molecule has 0 saturated heterocycles. The Morgan fingerprint density at radius 2 is 1.56 bits per heavy atom. The molecule has 0 saturated carbocycles. The molecular weight excluding hydrogens is 234 g/mol. The summed E-state index contributed by atoms with van der Waals surface area (Å²) in [5.41, 5.74) is 0.508. The van der Waals surface area contributed by atoms with E-state index in [1.807, 2.05) is 6.92 Å². The maximum atomic E-state index is 13.6. The number of ether oxygens (including phenoxy) is 1. The minimum absolute atomic E-state index is 0.000425. The van der Waals surface area contributed by atoms with Gasteiger partial charge in [0.25, 0.3) is 0 Å². The third kappa shape index (κ3) is 2.67. The van der Waals surface area contributed by atoms with Crippen LogP contribution in [0, 0.1) is 11.6 Å². The van der Waals surface area contributed by atoms with Crippen LogP contribution in [-0.4, -0.2) is 6.61 Å². The molecule has 3 heteroatoms. The highest BCUT2D eigenvalue weighted by atomic mass is 19.1. The van der Waals surface area contributed by atoms with Crippen molar-refractivity contribution in [2.45, 2.75) is 13.3 Å². The lowest BCUT2D eigenvalue weighted by Crippen LogP contribution is -1.95. The van der Waals surface area contributed by atoms with Gasteiger partial charge in [-0.3, -0.25) is 0 Å². The lowest BCUT2D eigenvalue weighted by Gasteiger charge is -2.07. The van der Waals surface area contributed by atoms with Crippen LogP contribution in [0.4, 0.5) is 8.78 Å². The fourth-order valence-electron chi connectivity index (χ4n) is 1.71. The van der Waals surface area contributed by atoms with Crippen LogP contribution in [0.3, 0.4) is 0 Å². The fraction of sp³-hybridized carbons (Fsp3) is 0.200. The first-order chi connectivity index (χ1) is 8.72. The van der Waals surface area contributed by atoms with Crippen LogP contribution in [0.25, 0.3) is 11.1 Å². The molecule has 0 heterocycles. The zero-order valence-electron chi connectivity index (χ0n) is 10.1. The molecule has 0 unspecified atom stereocenters. The molecule has 1 nitrogen and oxygen atoms in total. The normalized spacial score (nSPS) is 10.4. The van der Waals surface area contributed by atoms with E-state index in [-0.39, 0.29) is 5.56 Å². The van der Waals surface area contributed by atoms with Crippen molar-refractivity contribution in [3.8, 4) is 16.9 Å². The quantitative estimate of drug-likeness (QED) is 0.778. The number of rotatable bonds is 4. The van der Waals surface area contributed by atoms with Gasteiger partial charge in [-0.05, 0) is 36.2 Å². The summed E-state index contributed by atoms with van der Waals surface area (Å²) >= 11 is 0. The van der Waals surface area contributed by atoms with Crippen molar-refractivity contribution in [1.82, 2.24) is 0 Å². The smallest absolute Gasteiger partial charge is 0.133 e. The van der Waals surface area contributed by atoms with Gasteiger partial charge in [-0.2, -0.15) is 0 Å². The van der Waals surface area contributed by atoms with Crippen LogP contribution in [0.2, 0.25) is 0 Å². The van der Waals surface area contributed by atoms with E-state index in [9.17, 15) is 8.78 Å². The highest BCUT2D eigenvalue weighted by molar-refractivity contribution is 5.65. The fourth-order valence-corrected chi connectivity index (χ4v) is 1.71. The second-order valence-electron chi connectivity index (χ2n) is 3.97.